The number of carbonyl (C=O) groups excluding carboxylic acids is 1. The molecule has 3 heteroatoms. The van der Waals surface area contributed by atoms with Gasteiger partial charge in [-0.05, 0) is 32.1 Å². The highest BCUT2D eigenvalue weighted by Gasteiger charge is 2.52. The first-order valence-corrected chi connectivity index (χ1v) is 5.23. The van der Waals surface area contributed by atoms with Crippen molar-refractivity contribution in [2.24, 2.45) is 17.8 Å². The summed E-state index contributed by atoms with van der Waals surface area (Å²) in [6.45, 7) is 2.36. The number of quaternary nitrogens is 1. The molecule has 0 unspecified atom stereocenters. The van der Waals surface area contributed by atoms with Gasteiger partial charge in [0.2, 0.25) is 0 Å². The fraction of sp³-hybridized carbons (Fsp3) is 0.900. The second-order valence-electron chi connectivity index (χ2n) is 4.27. The van der Waals surface area contributed by atoms with E-state index < -0.39 is 0 Å². The van der Waals surface area contributed by atoms with Gasteiger partial charge in [-0.2, -0.15) is 0 Å². The van der Waals surface area contributed by atoms with E-state index in [2.05, 4.69) is 5.73 Å². The Balaban J connectivity index is 2.03. The van der Waals surface area contributed by atoms with Gasteiger partial charge in [-0.15, -0.1) is 0 Å². The van der Waals surface area contributed by atoms with E-state index in [1.807, 2.05) is 6.92 Å². The van der Waals surface area contributed by atoms with E-state index in [1.165, 1.54) is 19.3 Å². The van der Waals surface area contributed by atoms with Crippen molar-refractivity contribution in [3.05, 3.63) is 0 Å². The van der Waals surface area contributed by atoms with Crippen molar-refractivity contribution in [1.29, 1.82) is 0 Å². The topological polar surface area (TPSA) is 53.9 Å². The fourth-order valence-corrected chi connectivity index (χ4v) is 3.02. The fourth-order valence-electron chi connectivity index (χ4n) is 3.02. The molecule has 0 aliphatic heterocycles. The molecule has 3 nitrogen and oxygen atoms in total. The molecular weight excluding hydrogens is 166 g/mol. The molecule has 0 saturated heterocycles. The third kappa shape index (κ3) is 1.35. The van der Waals surface area contributed by atoms with Crippen molar-refractivity contribution in [3.8, 4) is 0 Å². The maximum Gasteiger partial charge on any atom is 0.315 e. The van der Waals surface area contributed by atoms with E-state index in [4.69, 9.17) is 4.74 Å². The van der Waals surface area contributed by atoms with Crippen LogP contribution in [-0.2, 0) is 9.53 Å². The van der Waals surface area contributed by atoms with Crippen LogP contribution in [0.3, 0.4) is 0 Å². The van der Waals surface area contributed by atoms with Crippen molar-refractivity contribution in [2.45, 2.75) is 32.2 Å². The Morgan fingerprint density at radius 2 is 2.15 bits per heavy atom. The molecule has 2 rings (SSSR count). The van der Waals surface area contributed by atoms with Crippen LogP contribution in [0.25, 0.3) is 0 Å². The Bertz CT molecular complexity index is 215. The Kier molecular flexibility index (Phi) is 2.28. The van der Waals surface area contributed by atoms with E-state index in [0.717, 1.165) is 0 Å². The zero-order chi connectivity index (χ0) is 9.42. The number of ether oxygens (including phenoxy) is 1. The van der Waals surface area contributed by atoms with Crippen LogP contribution < -0.4 is 5.73 Å². The highest BCUT2D eigenvalue weighted by atomic mass is 16.5. The molecule has 4 atom stereocenters. The molecule has 0 amide bonds. The first-order chi connectivity index (χ1) is 6.24. The third-order valence-electron chi connectivity index (χ3n) is 3.65. The molecule has 74 valence electrons. The van der Waals surface area contributed by atoms with Crippen molar-refractivity contribution in [2.75, 3.05) is 6.61 Å². The van der Waals surface area contributed by atoms with Crippen molar-refractivity contribution >= 4 is 5.97 Å². The van der Waals surface area contributed by atoms with Crippen LogP contribution in [0.1, 0.15) is 26.2 Å². The standard InChI is InChI=1S/C10H17NO2/c1-2-13-10(12)8-6-3-4-7(5-6)9(8)11/h6-9H,2-5,11H2,1H3/p+1/t6-,7+,8+,9-/m0/s1. The summed E-state index contributed by atoms with van der Waals surface area (Å²) in [6.07, 6.45) is 3.69. The molecule has 2 bridgehead atoms. The number of esters is 1. The lowest BCUT2D eigenvalue weighted by Crippen LogP contribution is -2.68. The lowest BCUT2D eigenvalue weighted by atomic mass is 9.85. The number of hydrogen-bond acceptors (Lipinski definition) is 2. The van der Waals surface area contributed by atoms with E-state index in [-0.39, 0.29) is 11.9 Å². The maximum absolute atomic E-state index is 11.6. The summed E-state index contributed by atoms with van der Waals surface area (Å²) in [7, 11) is 0. The normalized spacial score (nSPS) is 42.3. The summed E-state index contributed by atoms with van der Waals surface area (Å²) in [5.74, 6) is 1.37. The van der Waals surface area contributed by atoms with Gasteiger partial charge in [0.15, 0.2) is 0 Å². The summed E-state index contributed by atoms with van der Waals surface area (Å²) in [5, 5.41) is 0. The van der Waals surface area contributed by atoms with E-state index >= 15 is 0 Å². The summed E-state index contributed by atoms with van der Waals surface area (Å²) in [4.78, 5) is 11.6. The van der Waals surface area contributed by atoms with Gasteiger partial charge in [0.1, 0.15) is 12.0 Å². The number of carbonyl (C=O) groups is 1. The largest absolute Gasteiger partial charge is 0.466 e. The molecular formula is C10H18NO2+. The van der Waals surface area contributed by atoms with Gasteiger partial charge in [0.05, 0.1) is 6.61 Å². The average Bonchev–Trinajstić information content (AvgIpc) is 2.63. The molecule has 0 aromatic carbocycles. The van der Waals surface area contributed by atoms with Gasteiger partial charge < -0.3 is 10.5 Å². The molecule has 0 heterocycles. The average molecular weight is 184 g/mol. The maximum atomic E-state index is 11.6. The second kappa shape index (κ2) is 3.29. The van der Waals surface area contributed by atoms with Crippen molar-refractivity contribution in [1.82, 2.24) is 0 Å². The van der Waals surface area contributed by atoms with Crippen LogP contribution in [-0.4, -0.2) is 18.6 Å². The Labute approximate surface area is 78.6 Å². The van der Waals surface area contributed by atoms with Crippen molar-refractivity contribution < 1.29 is 15.3 Å². The number of fused-ring (bicyclic) bond motifs is 2. The second-order valence-corrected chi connectivity index (χ2v) is 4.27. The molecule has 2 saturated carbocycles. The first kappa shape index (κ1) is 9.00. The zero-order valence-corrected chi connectivity index (χ0v) is 8.16. The van der Waals surface area contributed by atoms with Crippen LogP contribution in [0.15, 0.2) is 0 Å². The molecule has 13 heavy (non-hydrogen) atoms. The summed E-state index contributed by atoms with van der Waals surface area (Å²) >= 11 is 0. The highest BCUT2D eigenvalue weighted by molar-refractivity contribution is 5.74. The quantitative estimate of drug-likeness (QED) is 0.623. The summed E-state index contributed by atoms with van der Waals surface area (Å²) in [5.41, 5.74) is 4.10. The van der Waals surface area contributed by atoms with Crippen LogP contribution in [0.2, 0.25) is 0 Å². The van der Waals surface area contributed by atoms with E-state index in [0.29, 0.717) is 24.5 Å². The third-order valence-corrected chi connectivity index (χ3v) is 3.65. The molecule has 2 aliphatic rings. The Hall–Kier alpha value is -0.570. The Morgan fingerprint density at radius 3 is 2.69 bits per heavy atom. The smallest absolute Gasteiger partial charge is 0.315 e. The predicted molar refractivity (Wildman–Crippen MR) is 47.6 cm³/mol. The van der Waals surface area contributed by atoms with Gasteiger partial charge in [-0.1, -0.05) is 0 Å². The summed E-state index contributed by atoms with van der Waals surface area (Å²) in [6, 6.07) is 0.317. The minimum atomic E-state index is -0.00491. The molecule has 2 fully saturated rings. The minimum absolute atomic E-state index is 0.00491. The van der Waals surface area contributed by atoms with Gasteiger partial charge in [-0.25, -0.2) is 0 Å². The number of rotatable bonds is 2. The highest BCUT2D eigenvalue weighted by Crippen LogP contribution is 2.47. The first-order valence-electron chi connectivity index (χ1n) is 5.23. The van der Waals surface area contributed by atoms with Crippen LogP contribution >= 0.6 is 0 Å². The van der Waals surface area contributed by atoms with Crippen LogP contribution in [0, 0.1) is 17.8 Å². The van der Waals surface area contributed by atoms with Gasteiger partial charge in [0, 0.05) is 5.92 Å². The van der Waals surface area contributed by atoms with Gasteiger partial charge in [-0.3, -0.25) is 4.79 Å². The Morgan fingerprint density at radius 1 is 1.46 bits per heavy atom. The van der Waals surface area contributed by atoms with E-state index in [1.54, 1.807) is 0 Å². The van der Waals surface area contributed by atoms with Gasteiger partial charge in [0.25, 0.3) is 0 Å². The van der Waals surface area contributed by atoms with Crippen molar-refractivity contribution in [3.63, 3.8) is 0 Å². The lowest BCUT2D eigenvalue weighted by Gasteiger charge is -2.23. The lowest BCUT2D eigenvalue weighted by molar-refractivity contribution is -0.440. The molecule has 0 aromatic rings. The molecule has 2 aliphatic carbocycles. The zero-order valence-electron chi connectivity index (χ0n) is 8.16. The van der Waals surface area contributed by atoms with Gasteiger partial charge >= 0.3 is 5.97 Å². The van der Waals surface area contributed by atoms with Crippen LogP contribution in [0.5, 0.6) is 0 Å². The van der Waals surface area contributed by atoms with E-state index in [9.17, 15) is 4.79 Å². The predicted octanol–water partition coefficient (Wildman–Crippen LogP) is 0.206. The molecule has 0 radical (unpaired) electrons. The SMILES string of the molecule is CCOC(=O)[C@@H]1[C@H]2CC[C@H](C2)[C@@H]1[NH3+]. The number of hydrogen-bond donors (Lipinski definition) is 1. The molecule has 0 spiro atoms. The minimum Gasteiger partial charge on any atom is -0.466 e. The monoisotopic (exact) mass is 184 g/mol. The van der Waals surface area contributed by atoms with Crippen LogP contribution in [0.4, 0.5) is 0 Å². The summed E-state index contributed by atoms with van der Waals surface area (Å²) < 4.78 is 5.07. The molecule has 3 N–H and O–H groups in total. The molecule has 0 aromatic heterocycles.